The van der Waals surface area contributed by atoms with Crippen molar-refractivity contribution < 1.29 is 24.2 Å². The molecule has 0 bridgehead atoms. The molecule has 1 fully saturated rings. The standard InChI is InChI=1S/C27H25N3O5/c31-25(32)13-17-9-10-18(14-28-17)29-26(33)16-11-19(12-16)30-27(34)35-15-24-22-7-3-1-5-20(22)21-6-2-4-8-23(21)24/h1-10,14,16,19,24H,11-13,15H2,(H,29,33)(H,30,34)(H,31,32). The van der Waals surface area contributed by atoms with Crippen molar-refractivity contribution in [1.82, 2.24) is 10.3 Å². The van der Waals surface area contributed by atoms with Crippen LogP contribution >= 0.6 is 0 Å². The molecular formula is C27H25N3O5. The molecule has 0 unspecified atom stereocenters. The number of carboxylic acids is 1. The number of fused-ring (bicyclic) bond motifs is 3. The lowest BCUT2D eigenvalue weighted by Crippen LogP contribution is -2.48. The SMILES string of the molecule is O=C(O)Cc1ccc(NC(=O)C2CC(NC(=O)OCC3c4ccccc4-c4ccccc43)C2)cn1. The van der Waals surface area contributed by atoms with Crippen LogP contribution in [-0.2, 0) is 20.7 Å². The fraction of sp³-hybridized carbons (Fsp3) is 0.259. The zero-order valence-electron chi connectivity index (χ0n) is 18.9. The first-order chi connectivity index (χ1) is 17.0. The molecule has 8 heteroatoms. The molecule has 3 N–H and O–H groups in total. The van der Waals surface area contributed by atoms with Gasteiger partial charge in [0.2, 0.25) is 5.91 Å². The lowest BCUT2D eigenvalue weighted by atomic mass is 9.79. The number of alkyl carbamates (subject to hydrolysis) is 1. The summed E-state index contributed by atoms with van der Waals surface area (Å²) in [7, 11) is 0. The van der Waals surface area contributed by atoms with Crippen molar-refractivity contribution in [2.24, 2.45) is 5.92 Å². The summed E-state index contributed by atoms with van der Waals surface area (Å²) in [5.41, 5.74) is 5.61. The number of benzene rings is 2. The van der Waals surface area contributed by atoms with Crippen molar-refractivity contribution in [3.63, 3.8) is 0 Å². The predicted molar refractivity (Wildman–Crippen MR) is 129 cm³/mol. The van der Waals surface area contributed by atoms with E-state index in [0.29, 0.717) is 24.2 Å². The molecule has 0 aliphatic heterocycles. The Morgan fingerprint density at radius 1 is 0.943 bits per heavy atom. The normalized spacial score (nSPS) is 18.1. The minimum atomic E-state index is -0.960. The van der Waals surface area contributed by atoms with E-state index in [9.17, 15) is 14.4 Å². The van der Waals surface area contributed by atoms with Crippen LogP contribution in [0, 0.1) is 5.92 Å². The smallest absolute Gasteiger partial charge is 0.407 e. The van der Waals surface area contributed by atoms with Crippen LogP contribution in [0.3, 0.4) is 0 Å². The van der Waals surface area contributed by atoms with Crippen LogP contribution in [0.4, 0.5) is 10.5 Å². The van der Waals surface area contributed by atoms with Gasteiger partial charge in [0, 0.05) is 17.9 Å². The minimum Gasteiger partial charge on any atom is -0.481 e. The Hall–Kier alpha value is -4.20. The first-order valence-corrected chi connectivity index (χ1v) is 11.6. The van der Waals surface area contributed by atoms with Gasteiger partial charge in [0.25, 0.3) is 0 Å². The van der Waals surface area contributed by atoms with Crippen LogP contribution in [0.1, 0.15) is 35.6 Å². The number of anilines is 1. The molecule has 178 valence electrons. The molecule has 1 aromatic heterocycles. The Kier molecular flexibility index (Phi) is 6.18. The second-order valence-corrected chi connectivity index (χ2v) is 8.93. The molecule has 5 rings (SSSR count). The van der Waals surface area contributed by atoms with Crippen molar-refractivity contribution in [3.8, 4) is 11.1 Å². The van der Waals surface area contributed by atoms with Gasteiger partial charge in [-0.15, -0.1) is 0 Å². The fourth-order valence-corrected chi connectivity index (χ4v) is 4.76. The maximum absolute atomic E-state index is 12.4. The highest BCUT2D eigenvalue weighted by Gasteiger charge is 2.36. The molecule has 1 heterocycles. The Labute approximate surface area is 202 Å². The monoisotopic (exact) mass is 471 g/mol. The van der Waals surface area contributed by atoms with Gasteiger partial charge in [-0.3, -0.25) is 14.6 Å². The van der Waals surface area contributed by atoms with Gasteiger partial charge in [-0.05, 0) is 47.2 Å². The summed E-state index contributed by atoms with van der Waals surface area (Å²) in [5.74, 6) is -1.32. The maximum atomic E-state index is 12.4. The highest BCUT2D eigenvalue weighted by molar-refractivity contribution is 5.93. The second kappa shape index (κ2) is 9.58. The van der Waals surface area contributed by atoms with Crippen LogP contribution in [0.25, 0.3) is 11.1 Å². The zero-order chi connectivity index (χ0) is 24.4. The summed E-state index contributed by atoms with van der Waals surface area (Å²) in [6, 6.07) is 19.5. The molecule has 0 spiro atoms. The van der Waals surface area contributed by atoms with Crippen LogP contribution in [0.2, 0.25) is 0 Å². The number of carbonyl (C=O) groups is 3. The number of hydrogen-bond acceptors (Lipinski definition) is 5. The fourth-order valence-electron chi connectivity index (χ4n) is 4.76. The third kappa shape index (κ3) is 4.87. The van der Waals surface area contributed by atoms with Gasteiger partial charge >= 0.3 is 12.1 Å². The first-order valence-electron chi connectivity index (χ1n) is 11.6. The first kappa shape index (κ1) is 22.6. The Morgan fingerprint density at radius 2 is 1.60 bits per heavy atom. The van der Waals surface area contributed by atoms with Gasteiger partial charge in [-0.25, -0.2) is 4.79 Å². The minimum absolute atomic E-state index is 0.00330. The van der Waals surface area contributed by atoms with Crippen molar-refractivity contribution in [2.45, 2.75) is 31.2 Å². The predicted octanol–water partition coefficient (Wildman–Crippen LogP) is 3.96. The van der Waals surface area contributed by atoms with Gasteiger partial charge < -0.3 is 20.5 Å². The number of rotatable bonds is 7. The third-order valence-corrected chi connectivity index (χ3v) is 6.60. The van der Waals surface area contributed by atoms with E-state index in [2.05, 4.69) is 39.9 Å². The molecule has 0 saturated heterocycles. The average Bonchev–Trinajstić information content (AvgIpc) is 3.14. The molecule has 35 heavy (non-hydrogen) atoms. The lowest BCUT2D eigenvalue weighted by Gasteiger charge is -2.34. The number of aromatic nitrogens is 1. The highest BCUT2D eigenvalue weighted by atomic mass is 16.5. The van der Waals surface area contributed by atoms with E-state index in [1.165, 1.54) is 17.3 Å². The van der Waals surface area contributed by atoms with Crippen molar-refractivity contribution in [3.05, 3.63) is 83.7 Å². The summed E-state index contributed by atoms with van der Waals surface area (Å²) >= 11 is 0. The van der Waals surface area contributed by atoms with E-state index >= 15 is 0 Å². The lowest BCUT2D eigenvalue weighted by molar-refractivity contribution is -0.136. The molecule has 2 amide bonds. The van der Waals surface area contributed by atoms with E-state index in [1.807, 2.05) is 24.3 Å². The van der Waals surface area contributed by atoms with E-state index in [4.69, 9.17) is 9.84 Å². The van der Waals surface area contributed by atoms with E-state index in [0.717, 1.165) is 11.1 Å². The van der Waals surface area contributed by atoms with Crippen molar-refractivity contribution in [2.75, 3.05) is 11.9 Å². The number of carboxylic acid groups (broad SMARTS) is 1. The summed E-state index contributed by atoms with van der Waals surface area (Å²) in [4.78, 5) is 39.6. The summed E-state index contributed by atoms with van der Waals surface area (Å²) in [5, 5.41) is 14.4. The number of ether oxygens (including phenoxy) is 1. The summed E-state index contributed by atoms with van der Waals surface area (Å²) in [6.45, 7) is 0.251. The van der Waals surface area contributed by atoms with Crippen LogP contribution < -0.4 is 10.6 Å². The van der Waals surface area contributed by atoms with Crippen molar-refractivity contribution in [1.29, 1.82) is 0 Å². The molecule has 2 aromatic carbocycles. The molecule has 3 aromatic rings. The Bertz CT molecular complexity index is 1220. The number of pyridine rings is 1. The number of carbonyl (C=O) groups excluding carboxylic acids is 2. The average molecular weight is 472 g/mol. The second-order valence-electron chi connectivity index (χ2n) is 8.93. The number of amides is 2. The third-order valence-electron chi connectivity index (χ3n) is 6.60. The highest BCUT2D eigenvalue weighted by Crippen LogP contribution is 2.44. The zero-order valence-corrected chi connectivity index (χ0v) is 18.9. The largest absolute Gasteiger partial charge is 0.481 e. The molecule has 0 radical (unpaired) electrons. The van der Waals surface area contributed by atoms with Gasteiger partial charge in [0.15, 0.2) is 0 Å². The molecule has 2 aliphatic carbocycles. The molecular weight excluding hydrogens is 446 g/mol. The number of hydrogen-bond donors (Lipinski definition) is 3. The molecule has 2 aliphatic rings. The van der Waals surface area contributed by atoms with Crippen LogP contribution in [0.5, 0.6) is 0 Å². The molecule has 0 atom stereocenters. The number of nitrogens with zero attached hydrogens (tertiary/aromatic N) is 1. The number of nitrogens with one attached hydrogen (secondary N) is 2. The Morgan fingerprint density at radius 3 is 2.20 bits per heavy atom. The van der Waals surface area contributed by atoms with Gasteiger partial charge in [-0.2, -0.15) is 0 Å². The topological polar surface area (TPSA) is 118 Å². The maximum Gasteiger partial charge on any atom is 0.407 e. The molecule has 8 nitrogen and oxygen atoms in total. The van der Waals surface area contributed by atoms with Crippen LogP contribution in [0.15, 0.2) is 66.9 Å². The van der Waals surface area contributed by atoms with Crippen LogP contribution in [-0.4, -0.2) is 40.7 Å². The van der Waals surface area contributed by atoms with Gasteiger partial charge in [0.05, 0.1) is 24.0 Å². The number of aliphatic carboxylic acids is 1. The van der Waals surface area contributed by atoms with Gasteiger partial charge in [0.1, 0.15) is 6.61 Å². The van der Waals surface area contributed by atoms with Gasteiger partial charge in [-0.1, -0.05) is 48.5 Å². The summed E-state index contributed by atoms with van der Waals surface area (Å²) < 4.78 is 5.58. The van der Waals surface area contributed by atoms with E-state index in [-0.39, 0.29) is 36.8 Å². The summed E-state index contributed by atoms with van der Waals surface area (Å²) in [6.07, 6.45) is 1.86. The quantitative estimate of drug-likeness (QED) is 0.480. The van der Waals surface area contributed by atoms with E-state index < -0.39 is 12.1 Å². The van der Waals surface area contributed by atoms with E-state index in [1.54, 1.807) is 12.1 Å². The van der Waals surface area contributed by atoms with Crippen molar-refractivity contribution >= 4 is 23.7 Å². The molecule has 1 saturated carbocycles. The Balaban J connectivity index is 1.08.